The lowest BCUT2D eigenvalue weighted by Gasteiger charge is -2.15. The summed E-state index contributed by atoms with van der Waals surface area (Å²) < 4.78 is 9.71. The van der Waals surface area contributed by atoms with Crippen molar-refractivity contribution >= 4 is 11.9 Å². The lowest BCUT2D eigenvalue weighted by atomic mass is 10.2. The largest absolute Gasteiger partial charge is 0.284 e. The molecule has 0 radical (unpaired) electrons. The Morgan fingerprint density at radius 2 is 2.00 bits per heavy atom. The van der Waals surface area contributed by atoms with E-state index in [0.717, 1.165) is 0 Å². The van der Waals surface area contributed by atoms with Gasteiger partial charge in [-0.2, -0.15) is 0 Å². The number of rotatable bonds is 2. The standard InChI is InChI=1S/C4H11NO2S/c1-4(2,3)7-5-8-6/h8H,1-3H3,(H,5,6). The molecule has 0 saturated heterocycles. The Kier molecular flexibility index (Phi) is 3.19. The van der Waals surface area contributed by atoms with Crippen LogP contribution in [0.15, 0.2) is 0 Å². The fourth-order valence-electron chi connectivity index (χ4n) is 0.156. The second kappa shape index (κ2) is 3.17. The van der Waals surface area contributed by atoms with Crippen molar-refractivity contribution in [1.29, 1.82) is 0 Å². The highest BCUT2D eigenvalue weighted by Crippen LogP contribution is 2.02. The van der Waals surface area contributed by atoms with Gasteiger partial charge in [0.2, 0.25) is 0 Å². The molecule has 0 unspecified atom stereocenters. The van der Waals surface area contributed by atoms with Crippen molar-refractivity contribution < 1.29 is 9.05 Å². The van der Waals surface area contributed by atoms with Gasteiger partial charge in [0.05, 0.1) is 5.60 Å². The molecule has 0 aliphatic carbocycles. The fourth-order valence-corrected chi connectivity index (χ4v) is 0.467. The number of hydrogen-bond donors (Lipinski definition) is 2. The first-order chi connectivity index (χ1) is 3.56. The molecule has 0 atom stereocenters. The van der Waals surface area contributed by atoms with Gasteiger partial charge in [0, 0.05) is 0 Å². The van der Waals surface area contributed by atoms with Crippen LogP contribution < -0.4 is 4.89 Å². The molecule has 0 aromatic heterocycles. The molecule has 0 aromatic carbocycles. The lowest BCUT2D eigenvalue weighted by Crippen LogP contribution is -2.26. The summed E-state index contributed by atoms with van der Waals surface area (Å²) in [5, 5.41) is 0. The summed E-state index contributed by atoms with van der Waals surface area (Å²) in [6, 6.07) is 0. The van der Waals surface area contributed by atoms with Gasteiger partial charge < -0.3 is 0 Å². The van der Waals surface area contributed by atoms with Crippen molar-refractivity contribution in [2.45, 2.75) is 26.4 Å². The summed E-state index contributed by atoms with van der Waals surface area (Å²) in [4.78, 5) is 7.01. The quantitative estimate of drug-likeness (QED) is 0.420. The maximum atomic E-state index is 9.71. The predicted octanol–water partition coefficient (Wildman–Crippen LogP) is 0.166. The third-order valence-electron chi connectivity index (χ3n) is 0.389. The van der Waals surface area contributed by atoms with Gasteiger partial charge in [-0.05, 0) is 20.8 Å². The van der Waals surface area contributed by atoms with Crippen molar-refractivity contribution in [2.75, 3.05) is 0 Å². The summed E-state index contributed by atoms with van der Waals surface area (Å²) >= 11 is -0.192. The maximum Gasteiger partial charge on any atom is 0.102 e. The van der Waals surface area contributed by atoms with Crippen LogP contribution >= 0.6 is 0 Å². The monoisotopic (exact) mass is 137 g/mol. The van der Waals surface area contributed by atoms with E-state index in [-0.39, 0.29) is 17.5 Å². The van der Waals surface area contributed by atoms with Crippen LogP contribution in [-0.4, -0.2) is 9.81 Å². The number of hydrogen-bond acceptors (Lipinski definition) is 2. The second-order valence-electron chi connectivity index (χ2n) is 2.40. The van der Waals surface area contributed by atoms with E-state index >= 15 is 0 Å². The van der Waals surface area contributed by atoms with Crippen LogP contribution in [0.4, 0.5) is 0 Å². The van der Waals surface area contributed by atoms with Crippen molar-refractivity contribution in [3.63, 3.8) is 0 Å². The molecule has 0 spiro atoms. The van der Waals surface area contributed by atoms with E-state index in [1.165, 1.54) is 0 Å². The van der Waals surface area contributed by atoms with Crippen molar-refractivity contribution in [3.8, 4) is 0 Å². The average molecular weight is 137 g/mol. The van der Waals surface area contributed by atoms with Crippen LogP contribution in [-0.2, 0) is 16.7 Å². The van der Waals surface area contributed by atoms with E-state index in [4.69, 9.17) is 4.84 Å². The molecule has 0 rings (SSSR count). The normalized spacial score (nSPS) is 11.9. The summed E-state index contributed by atoms with van der Waals surface area (Å²) in [6.45, 7) is 5.60. The first-order valence-electron chi connectivity index (χ1n) is 2.31. The Morgan fingerprint density at radius 3 is 2.12 bits per heavy atom. The minimum Gasteiger partial charge on any atom is -0.284 e. The van der Waals surface area contributed by atoms with Crippen molar-refractivity contribution in [1.82, 2.24) is 4.89 Å². The Labute approximate surface area is 53.0 Å². The van der Waals surface area contributed by atoms with Crippen molar-refractivity contribution in [2.24, 2.45) is 0 Å². The fraction of sp³-hybridized carbons (Fsp3) is 1.00. The molecule has 0 heterocycles. The molecule has 8 heavy (non-hydrogen) atoms. The van der Waals surface area contributed by atoms with Gasteiger partial charge in [-0.3, -0.25) is 4.84 Å². The van der Waals surface area contributed by atoms with Gasteiger partial charge >= 0.3 is 0 Å². The molecule has 0 amide bonds. The molecule has 1 N–H and O–H groups in total. The summed E-state index contributed by atoms with van der Waals surface area (Å²) in [5.41, 5.74) is -0.266. The molecule has 3 nitrogen and oxygen atoms in total. The highest BCUT2D eigenvalue weighted by atomic mass is 32.2. The Hall–Kier alpha value is 0.0700. The molecule has 0 fully saturated rings. The first-order valence-corrected chi connectivity index (χ1v) is 3.13. The topological polar surface area (TPSA) is 38.3 Å². The smallest absolute Gasteiger partial charge is 0.102 e. The number of thiol groups is 1. The van der Waals surface area contributed by atoms with Crippen LogP contribution in [0.25, 0.3) is 0 Å². The molecule has 0 saturated carbocycles. The zero-order valence-electron chi connectivity index (χ0n) is 5.26. The van der Waals surface area contributed by atoms with Gasteiger partial charge in [0.15, 0.2) is 0 Å². The zero-order valence-corrected chi connectivity index (χ0v) is 6.16. The van der Waals surface area contributed by atoms with E-state index in [1.54, 1.807) is 0 Å². The van der Waals surface area contributed by atoms with E-state index < -0.39 is 0 Å². The minimum absolute atomic E-state index is 0.192. The molecule has 0 aromatic rings. The average Bonchev–Trinajstić information content (AvgIpc) is 1.59. The van der Waals surface area contributed by atoms with Gasteiger partial charge in [0.25, 0.3) is 0 Å². The Balaban J connectivity index is 3.24. The zero-order chi connectivity index (χ0) is 6.62. The van der Waals surface area contributed by atoms with Crippen LogP contribution in [0.2, 0.25) is 0 Å². The van der Waals surface area contributed by atoms with E-state index in [9.17, 15) is 4.21 Å². The van der Waals surface area contributed by atoms with E-state index in [2.05, 4.69) is 4.89 Å². The van der Waals surface area contributed by atoms with Crippen LogP contribution in [0.3, 0.4) is 0 Å². The van der Waals surface area contributed by atoms with Crippen LogP contribution in [0.1, 0.15) is 20.8 Å². The second-order valence-corrected chi connectivity index (χ2v) is 2.76. The third kappa shape index (κ3) is 6.07. The third-order valence-corrected chi connectivity index (χ3v) is 0.555. The number of nitrogens with one attached hydrogen (secondary N) is 1. The molecule has 4 heteroatoms. The van der Waals surface area contributed by atoms with Gasteiger partial charge in [0.1, 0.15) is 11.9 Å². The summed E-state index contributed by atoms with van der Waals surface area (Å²) in [6.07, 6.45) is 0. The maximum absolute atomic E-state index is 9.71. The lowest BCUT2D eigenvalue weighted by molar-refractivity contribution is -0.0322. The first kappa shape index (κ1) is 8.07. The minimum atomic E-state index is -0.266. The van der Waals surface area contributed by atoms with Crippen molar-refractivity contribution in [3.05, 3.63) is 0 Å². The molecule has 0 bridgehead atoms. The van der Waals surface area contributed by atoms with E-state index in [0.29, 0.717) is 0 Å². The van der Waals surface area contributed by atoms with Crippen LogP contribution in [0.5, 0.6) is 0 Å². The predicted molar refractivity (Wildman–Crippen MR) is 33.5 cm³/mol. The molecular weight excluding hydrogens is 126 g/mol. The highest BCUT2D eigenvalue weighted by Gasteiger charge is 2.08. The van der Waals surface area contributed by atoms with Crippen LogP contribution in [0, 0.1) is 0 Å². The van der Waals surface area contributed by atoms with Gasteiger partial charge in [-0.1, -0.05) is 0 Å². The Morgan fingerprint density at radius 1 is 1.50 bits per heavy atom. The van der Waals surface area contributed by atoms with E-state index in [1.807, 2.05) is 20.8 Å². The molecular formula is C4H11NO2S. The summed E-state index contributed by atoms with van der Waals surface area (Å²) in [7, 11) is 0. The SMILES string of the molecule is CC(C)(C)ON[SH]=O. The van der Waals surface area contributed by atoms with Gasteiger partial charge in [-0.25, -0.2) is 4.21 Å². The Bertz CT molecular complexity index is 78.6. The summed E-state index contributed by atoms with van der Waals surface area (Å²) in [5.74, 6) is 0. The molecule has 50 valence electrons. The highest BCUT2D eigenvalue weighted by molar-refractivity contribution is 7.63. The molecule has 0 aliphatic rings. The van der Waals surface area contributed by atoms with Gasteiger partial charge in [-0.15, -0.1) is 4.89 Å². The molecule has 0 aliphatic heterocycles.